The molecule has 0 saturated carbocycles. The molecule has 1 aliphatic rings. The molecule has 35 valence electrons. The minimum Gasteiger partial charge on any atom is -0.378 e. The Bertz CT molecular complexity index is 36.4. The molecule has 1 saturated heterocycles. The van der Waals surface area contributed by atoms with Crippen LogP contribution in [0.4, 0.5) is 0 Å². The predicted molar refractivity (Wildman–Crippen MR) is 24.3 cm³/mol. The second kappa shape index (κ2) is 1.61. The van der Waals surface area contributed by atoms with Crippen molar-refractivity contribution in [1.82, 2.24) is 0 Å². The first-order valence-corrected chi connectivity index (χ1v) is 2.34. The molecule has 0 bridgehead atoms. The number of ether oxygens (including phenoxy) is 1. The van der Waals surface area contributed by atoms with E-state index in [2.05, 4.69) is 6.42 Å². The maximum atomic E-state index is 5.02. The summed E-state index contributed by atoms with van der Waals surface area (Å²) in [5, 5.41) is 0. The minimum atomic E-state index is 0.491. The summed E-state index contributed by atoms with van der Waals surface area (Å²) in [4.78, 5) is 0. The van der Waals surface area contributed by atoms with Gasteiger partial charge < -0.3 is 4.74 Å². The lowest BCUT2D eigenvalue weighted by Crippen LogP contribution is -2.25. The lowest BCUT2D eigenvalue weighted by Gasteiger charge is -2.24. The molecule has 0 aliphatic carbocycles. The molecule has 1 radical (unpaired) electrons. The van der Waals surface area contributed by atoms with Crippen LogP contribution >= 0.6 is 0 Å². The predicted octanol–water partition coefficient (Wildman–Crippen LogP) is 0.999. The Balaban J connectivity index is 2.01. The normalized spacial score (nSPS) is 32.5. The lowest BCUT2D eigenvalue weighted by molar-refractivity contribution is -0.0284. The summed E-state index contributed by atoms with van der Waals surface area (Å²) < 4.78 is 5.02. The Kier molecular flexibility index (Phi) is 1.10. The summed E-state index contributed by atoms with van der Waals surface area (Å²) in [5.74, 6) is 0. The molecular formula is C5H9O. The Morgan fingerprint density at radius 2 is 2.50 bits per heavy atom. The highest BCUT2D eigenvalue weighted by Crippen LogP contribution is 2.11. The highest BCUT2D eigenvalue weighted by molar-refractivity contribution is 4.77. The smallest absolute Gasteiger partial charge is 0.0626 e. The lowest BCUT2D eigenvalue weighted by atomic mass is 10.1. The summed E-state index contributed by atoms with van der Waals surface area (Å²) in [6.45, 7) is 3.00. The first-order chi connectivity index (χ1) is 2.93. The summed E-state index contributed by atoms with van der Waals surface area (Å²) >= 11 is 0. The van der Waals surface area contributed by atoms with Crippen molar-refractivity contribution < 1.29 is 4.74 Å². The van der Waals surface area contributed by atoms with Crippen molar-refractivity contribution in [3.8, 4) is 0 Å². The highest BCUT2D eigenvalue weighted by Gasteiger charge is 2.14. The third kappa shape index (κ3) is 0.548. The zero-order valence-corrected chi connectivity index (χ0v) is 3.98. The molecule has 1 fully saturated rings. The fourth-order valence-corrected chi connectivity index (χ4v) is 0.517. The van der Waals surface area contributed by atoms with Crippen LogP contribution < -0.4 is 0 Å². The second-order valence-electron chi connectivity index (χ2n) is 1.53. The van der Waals surface area contributed by atoms with Crippen molar-refractivity contribution in [1.29, 1.82) is 0 Å². The molecule has 1 heterocycles. The summed E-state index contributed by atoms with van der Waals surface area (Å²) in [6.07, 6.45) is 3.81. The third-order valence-electron chi connectivity index (χ3n) is 1.11. The number of rotatable bonds is 1. The quantitative estimate of drug-likeness (QED) is 0.461. The van der Waals surface area contributed by atoms with Gasteiger partial charge in [0.2, 0.25) is 0 Å². The molecule has 0 amide bonds. The molecule has 0 aromatic carbocycles. The van der Waals surface area contributed by atoms with E-state index in [-0.39, 0.29) is 0 Å². The molecule has 1 heteroatoms. The van der Waals surface area contributed by atoms with Gasteiger partial charge in [0.1, 0.15) is 0 Å². The van der Waals surface area contributed by atoms with Crippen molar-refractivity contribution in [2.24, 2.45) is 0 Å². The van der Waals surface area contributed by atoms with Gasteiger partial charge in [0.15, 0.2) is 0 Å². The van der Waals surface area contributed by atoms with E-state index in [9.17, 15) is 0 Å². The Labute approximate surface area is 38.3 Å². The van der Waals surface area contributed by atoms with Crippen molar-refractivity contribution in [3.63, 3.8) is 0 Å². The molecule has 0 aromatic heterocycles. The van der Waals surface area contributed by atoms with E-state index in [4.69, 9.17) is 4.74 Å². The van der Waals surface area contributed by atoms with Gasteiger partial charge in [-0.2, -0.15) is 0 Å². The van der Waals surface area contributed by atoms with Crippen LogP contribution in [0, 0.1) is 6.42 Å². The van der Waals surface area contributed by atoms with E-state index in [0.29, 0.717) is 6.10 Å². The topological polar surface area (TPSA) is 9.23 Å². The van der Waals surface area contributed by atoms with Gasteiger partial charge in [-0.25, -0.2) is 0 Å². The van der Waals surface area contributed by atoms with Gasteiger partial charge >= 0.3 is 0 Å². The van der Waals surface area contributed by atoms with Crippen LogP contribution in [0.25, 0.3) is 0 Å². The zero-order valence-electron chi connectivity index (χ0n) is 3.98. The highest BCUT2D eigenvalue weighted by atomic mass is 16.5. The van der Waals surface area contributed by atoms with E-state index in [1.54, 1.807) is 0 Å². The molecule has 0 N–H and O–H groups in total. The van der Waals surface area contributed by atoms with Gasteiger partial charge in [-0.3, -0.25) is 0 Å². The van der Waals surface area contributed by atoms with E-state index in [0.717, 1.165) is 6.61 Å². The van der Waals surface area contributed by atoms with Crippen LogP contribution in [0.15, 0.2) is 0 Å². The van der Waals surface area contributed by atoms with Crippen molar-refractivity contribution in [2.75, 3.05) is 6.61 Å². The number of hydrogen-bond acceptors (Lipinski definition) is 1. The van der Waals surface area contributed by atoms with Crippen molar-refractivity contribution in [3.05, 3.63) is 6.42 Å². The molecule has 6 heavy (non-hydrogen) atoms. The zero-order chi connectivity index (χ0) is 4.41. The van der Waals surface area contributed by atoms with E-state index >= 15 is 0 Å². The van der Waals surface area contributed by atoms with Crippen molar-refractivity contribution >= 4 is 0 Å². The molecule has 1 nitrogen and oxygen atoms in total. The summed E-state index contributed by atoms with van der Waals surface area (Å²) in [6, 6.07) is 0. The average Bonchev–Trinajstić information content (AvgIpc) is 1.31. The van der Waals surface area contributed by atoms with Gasteiger partial charge in [-0.1, -0.05) is 6.92 Å². The Morgan fingerprint density at radius 3 is 2.50 bits per heavy atom. The molecule has 1 unspecified atom stereocenters. The van der Waals surface area contributed by atoms with Crippen molar-refractivity contribution in [2.45, 2.75) is 19.4 Å². The summed E-state index contributed by atoms with van der Waals surface area (Å²) in [7, 11) is 0. The maximum absolute atomic E-state index is 5.02. The number of hydrogen-bond donors (Lipinski definition) is 0. The molecule has 1 aliphatic heterocycles. The van der Waals surface area contributed by atoms with Crippen LogP contribution in [-0.2, 0) is 4.74 Å². The van der Waals surface area contributed by atoms with Crippen LogP contribution in [-0.4, -0.2) is 12.7 Å². The Hall–Kier alpha value is -0.0400. The maximum Gasteiger partial charge on any atom is 0.0626 e. The van der Waals surface area contributed by atoms with Gasteiger partial charge in [-0.05, 0) is 12.8 Å². The fraction of sp³-hybridized carbons (Fsp3) is 0.800. The van der Waals surface area contributed by atoms with Gasteiger partial charge in [0.05, 0.1) is 6.10 Å². The standard InChI is InChI=1S/C5H9O/c1-2-5-3-4-6-5/h2,5H,3-4H2,1H3. The second-order valence-corrected chi connectivity index (χ2v) is 1.53. The third-order valence-corrected chi connectivity index (χ3v) is 1.11. The molecule has 0 aromatic rings. The monoisotopic (exact) mass is 85.1 g/mol. The molecular weight excluding hydrogens is 76.1 g/mol. The first kappa shape index (κ1) is 4.13. The van der Waals surface area contributed by atoms with Crippen LogP contribution in [0.2, 0.25) is 0 Å². The first-order valence-electron chi connectivity index (χ1n) is 2.34. The largest absolute Gasteiger partial charge is 0.378 e. The SMILES string of the molecule is C[CH]C1CCO1. The van der Waals surface area contributed by atoms with E-state index < -0.39 is 0 Å². The van der Waals surface area contributed by atoms with Gasteiger partial charge in [-0.15, -0.1) is 0 Å². The van der Waals surface area contributed by atoms with E-state index in [1.807, 2.05) is 6.92 Å². The Morgan fingerprint density at radius 1 is 1.83 bits per heavy atom. The van der Waals surface area contributed by atoms with Crippen LogP contribution in [0.3, 0.4) is 0 Å². The fourth-order valence-electron chi connectivity index (χ4n) is 0.517. The minimum absolute atomic E-state index is 0.491. The van der Waals surface area contributed by atoms with Gasteiger partial charge in [0.25, 0.3) is 0 Å². The van der Waals surface area contributed by atoms with Crippen LogP contribution in [0.5, 0.6) is 0 Å². The average molecular weight is 85.1 g/mol. The molecule has 1 rings (SSSR count). The molecule has 0 spiro atoms. The molecule has 1 atom stereocenters. The van der Waals surface area contributed by atoms with Crippen LogP contribution in [0.1, 0.15) is 13.3 Å². The van der Waals surface area contributed by atoms with E-state index in [1.165, 1.54) is 6.42 Å². The summed E-state index contributed by atoms with van der Waals surface area (Å²) in [5.41, 5.74) is 0. The van der Waals surface area contributed by atoms with Gasteiger partial charge in [0, 0.05) is 6.61 Å².